The van der Waals surface area contributed by atoms with E-state index < -0.39 is 12.0 Å². The Morgan fingerprint density at radius 2 is 2.12 bits per heavy atom. The number of carbonyl (C=O) groups is 1. The van der Waals surface area contributed by atoms with Crippen molar-refractivity contribution >= 4 is 6.09 Å². The lowest BCUT2D eigenvalue weighted by Crippen LogP contribution is -2.44. The first-order chi connectivity index (χ1) is 7.98. The van der Waals surface area contributed by atoms with E-state index >= 15 is 0 Å². The third-order valence-electron chi connectivity index (χ3n) is 2.71. The van der Waals surface area contributed by atoms with Gasteiger partial charge in [-0.15, -0.1) is 0 Å². The lowest BCUT2D eigenvalue weighted by molar-refractivity contribution is -0.0498. The molecule has 0 aromatic carbocycles. The van der Waals surface area contributed by atoms with Crippen LogP contribution in [0.4, 0.5) is 13.6 Å². The fourth-order valence-corrected chi connectivity index (χ4v) is 1.61. The zero-order valence-corrected chi connectivity index (χ0v) is 9.40. The summed E-state index contributed by atoms with van der Waals surface area (Å²) in [6, 6.07) is 0.160. The van der Waals surface area contributed by atoms with Crippen LogP contribution in [0, 0.1) is 0 Å². The fraction of sp³-hybridized carbons (Fsp3) is 0.600. The molecule has 0 aliphatic carbocycles. The third kappa shape index (κ3) is 2.72. The predicted octanol–water partition coefficient (Wildman–Crippen LogP) is 1.65. The molecule has 1 saturated heterocycles. The van der Waals surface area contributed by atoms with Crippen molar-refractivity contribution in [2.75, 3.05) is 13.1 Å². The van der Waals surface area contributed by atoms with Crippen LogP contribution in [0.15, 0.2) is 12.4 Å². The fourth-order valence-electron chi connectivity index (χ4n) is 1.61. The zero-order chi connectivity index (χ0) is 12.5. The van der Waals surface area contributed by atoms with Crippen molar-refractivity contribution in [3.8, 4) is 6.01 Å². The van der Waals surface area contributed by atoms with E-state index in [0.29, 0.717) is 0 Å². The van der Waals surface area contributed by atoms with Crippen LogP contribution in [-0.4, -0.2) is 39.6 Å². The number of amides is 1. The lowest BCUT2D eigenvalue weighted by Gasteiger charge is -2.30. The molecule has 0 atom stereocenters. The van der Waals surface area contributed by atoms with Crippen LogP contribution in [0.5, 0.6) is 6.01 Å². The van der Waals surface area contributed by atoms with Gasteiger partial charge in [0, 0.05) is 45.4 Å². The smallest absolute Gasteiger partial charge is 0.375 e. The van der Waals surface area contributed by atoms with Crippen LogP contribution in [0.1, 0.15) is 12.8 Å². The number of likely N-dealkylation sites (tertiary alicyclic amines) is 1. The first-order valence-corrected chi connectivity index (χ1v) is 5.30. The summed E-state index contributed by atoms with van der Waals surface area (Å²) in [5.41, 5.74) is 0. The average molecular weight is 245 g/mol. The molecule has 0 bridgehead atoms. The molecule has 0 spiro atoms. The molecule has 0 unspecified atom stereocenters. The van der Waals surface area contributed by atoms with Gasteiger partial charge in [-0.05, 0) is 0 Å². The summed E-state index contributed by atoms with van der Waals surface area (Å²) in [6.07, 6.45) is 1.86. The maximum Gasteiger partial charge on any atom is 0.417 e. The number of hydrogen-bond acceptors (Lipinski definition) is 3. The van der Waals surface area contributed by atoms with Gasteiger partial charge in [-0.25, -0.2) is 18.6 Å². The Balaban J connectivity index is 1.92. The van der Waals surface area contributed by atoms with Crippen molar-refractivity contribution in [2.24, 2.45) is 7.05 Å². The van der Waals surface area contributed by atoms with Gasteiger partial charge in [0.25, 0.3) is 5.92 Å². The molecule has 0 saturated carbocycles. The second kappa shape index (κ2) is 4.31. The summed E-state index contributed by atoms with van der Waals surface area (Å²) in [5, 5.41) is 0. The normalized spacial score (nSPS) is 19.1. The molecule has 2 heterocycles. The van der Waals surface area contributed by atoms with Gasteiger partial charge in [0.05, 0.1) is 0 Å². The van der Waals surface area contributed by atoms with E-state index in [1.54, 1.807) is 13.2 Å². The van der Waals surface area contributed by atoms with E-state index in [1.165, 1.54) is 15.7 Å². The first-order valence-electron chi connectivity index (χ1n) is 5.30. The highest BCUT2D eigenvalue weighted by molar-refractivity contribution is 5.69. The highest BCUT2D eigenvalue weighted by atomic mass is 19.3. The quantitative estimate of drug-likeness (QED) is 0.755. The number of aryl methyl sites for hydroxylation is 1. The van der Waals surface area contributed by atoms with Crippen LogP contribution in [0.3, 0.4) is 0 Å². The molecule has 7 heteroatoms. The molecule has 17 heavy (non-hydrogen) atoms. The van der Waals surface area contributed by atoms with Gasteiger partial charge in [0.1, 0.15) is 0 Å². The third-order valence-corrected chi connectivity index (χ3v) is 2.71. The number of halogens is 2. The van der Waals surface area contributed by atoms with E-state index in [9.17, 15) is 13.6 Å². The number of aromatic nitrogens is 2. The van der Waals surface area contributed by atoms with Crippen LogP contribution < -0.4 is 4.74 Å². The van der Waals surface area contributed by atoms with Gasteiger partial charge in [0.15, 0.2) is 0 Å². The second-order valence-corrected chi connectivity index (χ2v) is 4.03. The summed E-state index contributed by atoms with van der Waals surface area (Å²) in [6.45, 7) is 0.0203. The molecule has 1 aromatic rings. The molecule has 0 radical (unpaired) electrons. The summed E-state index contributed by atoms with van der Waals surface area (Å²) >= 11 is 0. The summed E-state index contributed by atoms with van der Waals surface area (Å²) in [5.74, 6) is -2.67. The second-order valence-electron chi connectivity index (χ2n) is 4.03. The Hall–Kier alpha value is -1.66. The number of carbonyl (C=O) groups excluding carboxylic acids is 1. The zero-order valence-electron chi connectivity index (χ0n) is 9.40. The van der Waals surface area contributed by atoms with Crippen LogP contribution >= 0.6 is 0 Å². The van der Waals surface area contributed by atoms with E-state index in [2.05, 4.69) is 4.98 Å². The molecule has 1 aliphatic rings. The van der Waals surface area contributed by atoms with Crippen molar-refractivity contribution in [1.29, 1.82) is 0 Å². The van der Waals surface area contributed by atoms with Gasteiger partial charge in [0.2, 0.25) is 0 Å². The minimum Gasteiger partial charge on any atom is -0.375 e. The van der Waals surface area contributed by atoms with Crippen molar-refractivity contribution < 1.29 is 18.3 Å². The lowest BCUT2D eigenvalue weighted by atomic mass is 10.1. The summed E-state index contributed by atoms with van der Waals surface area (Å²) in [7, 11) is 1.68. The number of imidazole rings is 1. The Kier molecular flexibility index (Phi) is 2.99. The number of rotatable bonds is 1. The van der Waals surface area contributed by atoms with Crippen molar-refractivity contribution in [2.45, 2.75) is 18.8 Å². The molecule has 5 nitrogen and oxygen atoms in total. The predicted molar refractivity (Wildman–Crippen MR) is 55.0 cm³/mol. The highest BCUT2D eigenvalue weighted by Crippen LogP contribution is 2.27. The largest absolute Gasteiger partial charge is 0.417 e. The minimum atomic E-state index is -2.67. The topological polar surface area (TPSA) is 47.4 Å². The number of alkyl halides is 2. The van der Waals surface area contributed by atoms with E-state index in [4.69, 9.17) is 4.74 Å². The van der Waals surface area contributed by atoms with Crippen LogP contribution in [-0.2, 0) is 7.05 Å². The minimum absolute atomic E-state index is 0.0102. The molecule has 94 valence electrons. The number of hydrogen-bond donors (Lipinski definition) is 0. The van der Waals surface area contributed by atoms with Crippen molar-refractivity contribution in [3.63, 3.8) is 0 Å². The van der Waals surface area contributed by atoms with Gasteiger partial charge in [-0.1, -0.05) is 0 Å². The first kappa shape index (κ1) is 11.8. The van der Waals surface area contributed by atoms with Gasteiger partial charge >= 0.3 is 12.1 Å². The van der Waals surface area contributed by atoms with E-state index in [1.807, 2.05) is 0 Å². The van der Waals surface area contributed by atoms with E-state index in [-0.39, 0.29) is 31.9 Å². The highest BCUT2D eigenvalue weighted by Gasteiger charge is 2.36. The molecule has 1 amide bonds. The monoisotopic (exact) mass is 245 g/mol. The number of nitrogens with zero attached hydrogens (tertiary/aromatic N) is 3. The standard InChI is InChI=1S/C10H13F2N3O2/c1-14-7-4-13-8(14)17-9(16)15-5-2-10(11,12)3-6-15/h4,7H,2-3,5-6H2,1H3. The Labute approximate surface area is 97.0 Å². The van der Waals surface area contributed by atoms with Gasteiger partial charge < -0.3 is 14.2 Å². The Morgan fingerprint density at radius 3 is 2.65 bits per heavy atom. The average Bonchev–Trinajstić information content (AvgIpc) is 2.64. The number of piperidine rings is 1. The Morgan fingerprint density at radius 1 is 1.47 bits per heavy atom. The maximum absolute atomic E-state index is 12.9. The van der Waals surface area contributed by atoms with Gasteiger partial charge in [-0.3, -0.25) is 0 Å². The van der Waals surface area contributed by atoms with Crippen molar-refractivity contribution in [3.05, 3.63) is 12.4 Å². The molecule has 1 fully saturated rings. The van der Waals surface area contributed by atoms with Crippen LogP contribution in [0.2, 0.25) is 0 Å². The van der Waals surface area contributed by atoms with Crippen molar-refractivity contribution in [1.82, 2.24) is 14.5 Å². The SMILES string of the molecule is Cn1ccnc1OC(=O)N1CCC(F)(F)CC1. The number of ether oxygens (including phenoxy) is 1. The summed E-state index contributed by atoms with van der Waals surface area (Å²) < 4.78 is 32.3. The van der Waals surface area contributed by atoms with Crippen LogP contribution in [0.25, 0.3) is 0 Å². The maximum atomic E-state index is 12.9. The molecule has 1 aliphatic heterocycles. The molecular formula is C10H13F2N3O2. The molecule has 1 aromatic heterocycles. The summed E-state index contributed by atoms with van der Waals surface area (Å²) in [4.78, 5) is 16.7. The van der Waals surface area contributed by atoms with Gasteiger partial charge in [-0.2, -0.15) is 0 Å². The molecule has 2 rings (SSSR count). The Bertz CT molecular complexity index is 409. The molecule has 0 N–H and O–H groups in total. The van der Waals surface area contributed by atoms with E-state index in [0.717, 1.165) is 0 Å². The molecular weight excluding hydrogens is 232 g/mol.